The van der Waals surface area contributed by atoms with E-state index in [2.05, 4.69) is 5.32 Å². The van der Waals surface area contributed by atoms with Gasteiger partial charge >= 0.3 is 5.97 Å². The van der Waals surface area contributed by atoms with Gasteiger partial charge in [-0.2, -0.15) is 0 Å². The standard InChI is InChI=1S/C19H19NO5/c21-18(9-6-13-4-2-1-3-5-13)20-15(11-19(22)23)14-7-8-16-17(10-14)25-12-24-16/h1-5,7-8,10,15H,6,9,11-12H2,(H,20,21)(H,22,23)/t15-/m1/s1. The minimum absolute atomic E-state index is 0.145. The number of aryl methyl sites for hydroxylation is 1. The van der Waals surface area contributed by atoms with Gasteiger partial charge in [-0.3, -0.25) is 9.59 Å². The van der Waals surface area contributed by atoms with Gasteiger partial charge in [-0.05, 0) is 29.7 Å². The Morgan fingerprint density at radius 2 is 1.84 bits per heavy atom. The van der Waals surface area contributed by atoms with Gasteiger partial charge in [0.2, 0.25) is 12.7 Å². The largest absolute Gasteiger partial charge is 0.481 e. The number of aliphatic carboxylic acids is 1. The van der Waals surface area contributed by atoms with E-state index in [-0.39, 0.29) is 19.1 Å². The first kappa shape index (κ1) is 16.8. The molecule has 2 N–H and O–H groups in total. The van der Waals surface area contributed by atoms with Crippen LogP contribution in [0.4, 0.5) is 0 Å². The van der Waals surface area contributed by atoms with Crippen LogP contribution in [0, 0.1) is 0 Å². The Balaban J connectivity index is 1.66. The molecule has 0 radical (unpaired) electrons. The molecule has 0 saturated heterocycles. The summed E-state index contributed by atoms with van der Waals surface area (Å²) >= 11 is 0. The fourth-order valence-electron chi connectivity index (χ4n) is 2.73. The number of ether oxygens (including phenoxy) is 2. The summed E-state index contributed by atoms with van der Waals surface area (Å²) in [6.45, 7) is 0.145. The molecule has 1 aliphatic rings. The average molecular weight is 341 g/mol. The van der Waals surface area contributed by atoms with Crippen LogP contribution in [0.25, 0.3) is 0 Å². The highest BCUT2D eigenvalue weighted by atomic mass is 16.7. The number of benzene rings is 2. The second-order valence-electron chi connectivity index (χ2n) is 5.82. The molecule has 0 aromatic heterocycles. The van der Waals surface area contributed by atoms with E-state index in [4.69, 9.17) is 14.6 Å². The predicted octanol–water partition coefficient (Wildman–Crippen LogP) is 2.68. The Kier molecular flexibility index (Phi) is 5.18. The number of carbonyl (C=O) groups excluding carboxylic acids is 1. The molecule has 0 fully saturated rings. The lowest BCUT2D eigenvalue weighted by molar-refractivity contribution is -0.137. The summed E-state index contributed by atoms with van der Waals surface area (Å²) in [5.74, 6) is 0.0125. The summed E-state index contributed by atoms with van der Waals surface area (Å²) in [6.07, 6.45) is 0.703. The summed E-state index contributed by atoms with van der Waals surface area (Å²) in [7, 11) is 0. The van der Waals surface area contributed by atoms with E-state index in [1.165, 1.54) is 0 Å². The molecule has 6 heteroatoms. The molecular weight excluding hydrogens is 322 g/mol. The molecule has 2 aromatic carbocycles. The van der Waals surface area contributed by atoms with Crippen molar-refractivity contribution in [2.75, 3.05) is 6.79 Å². The Morgan fingerprint density at radius 1 is 1.08 bits per heavy atom. The second kappa shape index (κ2) is 7.70. The number of carboxylic acid groups (broad SMARTS) is 1. The minimum Gasteiger partial charge on any atom is -0.481 e. The van der Waals surface area contributed by atoms with Gasteiger partial charge in [-0.15, -0.1) is 0 Å². The van der Waals surface area contributed by atoms with Crippen LogP contribution < -0.4 is 14.8 Å². The van der Waals surface area contributed by atoms with Gasteiger partial charge in [-0.1, -0.05) is 36.4 Å². The number of hydrogen-bond donors (Lipinski definition) is 2. The van der Waals surface area contributed by atoms with Crippen LogP contribution in [0.1, 0.15) is 30.0 Å². The maximum atomic E-state index is 12.3. The summed E-state index contributed by atoms with van der Waals surface area (Å²) in [4.78, 5) is 23.4. The van der Waals surface area contributed by atoms with Gasteiger partial charge in [0.25, 0.3) is 0 Å². The van der Waals surface area contributed by atoms with Gasteiger partial charge in [0.05, 0.1) is 12.5 Å². The molecule has 1 atom stereocenters. The van der Waals surface area contributed by atoms with Crippen LogP contribution in [0.5, 0.6) is 11.5 Å². The van der Waals surface area contributed by atoms with Gasteiger partial charge in [-0.25, -0.2) is 0 Å². The smallest absolute Gasteiger partial charge is 0.305 e. The van der Waals surface area contributed by atoms with Crippen molar-refractivity contribution >= 4 is 11.9 Å². The Morgan fingerprint density at radius 3 is 2.60 bits per heavy atom. The average Bonchev–Trinajstić information content (AvgIpc) is 3.07. The number of carbonyl (C=O) groups is 2. The molecule has 1 aliphatic heterocycles. The van der Waals surface area contributed by atoms with Crippen molar-refractivity contribution in [1.82, 2.24) is 5.32 Å². The number of hydrogen-bond acceptors (Lipinski definition) is 4. The predicted molar refractivity (Wildman–Crippen MR) is 90.5 cm³/mol. The first-order chi connectivity index (χ1) is 12.1. The number of nitrogens with one attached hydrogen (secondary N) is 1. The quantitative estimate of drug-likeness (QED) is 0.809. The maximum absolute atomic E-state index is 12.3. The lowest BCUT2D eigenvalue weighted by Crippen LogP contribution is -2.30. The lowest BCUT2D eigenvalue weighted by atomic mass is 10.0. The van der Waals surface area contributed by atoms with E-state index in [0.29, 0.717) is 29.9 Å². The van der Waals surface area contributed by atoms with Gasteiger partial charge in [0.15, 0.2) is 11.5 Å². The highest BCUT2D eigenvalue weighted by Gasteiger charge is 2.21. The van der Waals surface area contributed by atoms with Crippen molar-refractivity contribution < 1.29 is 24.2 Å². The monoisotopic (exact) mass is 341 g/mol. The first-order valence-corrected chi connectivity index (χ1v) is 8.06. The third-order valence-corrected chi connectivity index (χ3v) is 4.00. The SMILES string of the molecule is O=C(O)C[C@@H](NC(=O)CCc1ccccc1)c1ccc2c(c1)OCO2. The summed E-state index contributed by atoms with van der Waals surface area (Å²) in [6, 6.07) is 14.3. The van der Waals surface area contributed by atoms with Crippen LogP contribution in [-0.2, 0) is 16.0 Å². The Labute approximate surface area is 145 Å². The van der Waals surface area contributed by atoms with Crippen LogP contribution in [-0.4, -0.2) is 23.8 Å². The second-order valence-corrected chi connectivity index (χ2v) is 5.82. The molecular formula is C19H19NO5. The van der Waals surface area contributed by atoms with Gasteiger partial charge in [0, 0.05) is 6.42 Å². The first-order valence-electron chi connectivity index (χ1n) is 8.06. The third-order valence-electron chi connectivity index (χ3n) is 4.00. The molecule has 0 bridgehead atoms. The van der Waals surface area contributed by atoms with E-state index in [0.717, 1.165) is 5.56 Å². The summed E-state index contributed by atoms with van der Waals surface area (Å²) in [5.41, 5.74) is 1.75. The van der Waals surface area contributed by atoms with E-state index >= 15 is 0 Å². The fourth-order valence-corrected chi connectivity index (χ4v) is 2.73. The molecule has 1 amide bonds. The van der Waals surface area contributed by atoms with Crippen LogP contribution in [0.3, 0.4) is 0 Å². The fraction of sp³-hybridized carbons (Fsp3) is 0.263. The molecule has 3 rings (SSSR count). The zero-order valence-electron chi connectivity index (χ0n) is 13.6. The zero-order valence-corrected chi connectivity index (χ0v) is 13.6. The number of carboxylic acids is 1. The molecule has 0 unspecified atom stereocenters. The third kappa shape index (κ3) is 4.50. The number of fused-ring (bicyclic) bond motifs is 1. The van der Waals surface area contributed by atoms with Gasteiger partial charge in [0.1, 0.15) is 0 Å². The molecule has 6 nitrogen and oxygen atoms in total. The molecule has 0 spiro atoms. The topological polar surface area (TPSA) is 84.9 Å². The molecule has 25 heavy (non-hydrogen) atoms. The lowest BCUT2D eigenvalue weighted by Gasteiger charge is -2.18. The maximum Gasteiger partial charge on any atom is 0.305 e. The molecule has 0 aliphatic carbocycles. The van der Waals surface area contributed by atoms with Crippen LogP contribution in [0.15, 0.2) is 48.5 Å². The van der Waals surface area contributed by atoms with Crippen LogP contribution in [0.2, 0.25) is 0 Å². The highest BCUT2D eigenvalue weighted by molar-refractivity contribution is 5.78. The Hall–Kier alpha value is -3.02. The van der Waals surface area contributed by atoms with E-state index in [1.807, 2.05) is 30.3 Å². The highest BCUT2D eigenvalue weighted by Crippen LogP contribution is 2.34. The number of rotatable bonds is 7. The van der Waals surface area contributed by atoms with Crippen molar-refractivity contribution in [2.24, 2.45) is 0 Å². The van der Waals surface area contributed by atoms with E-state index < -0.39 is 12.0 Å². The van der Waals surface area contributed by atoms with Crippen molar-refractivity contribution in [1.29, 1.82) is 0 Å². The zero-order chi connectivity index (χ0) is 17.6. The van der Waals surface area contributed by atoms with Crippen molar-refractivity contribution in [3.8, 4) is 11.5 Å². The summed E-state index contributed by atoms with van der Waals surface area (Å²) in [5, 5.41) is 12.0. The molecule has 1 heterocycles. The Bertz CT molecular complexity index is 760. The minimum atomic E-state index is -0.981. The van der Waals surface area contributed by atoms with E-state index in [1.54, 1.807) is 18.2 Å². The van der Waals surface area contributed by atoms with E-state index in [9.17, 15) is 9.59 Å². The van der Waals surface area contributed by atoms with Gasteiger partial charge < -0.3 is 19.9 Å². The summed E-state index contributed by atoms with van der Waals surface area (Å²) < 4.78 is 10.6. The molecule has 2 aromatic rings. The number of amides is 1. The van der Waals surface area contributed by atoms with Crippen molar-refractivity contribution in [3.05, 3.63) is 59.7 Å². The molecule has 130 valence electrons. The normalized spacial score (nSPS) is 13.3. The molecule has 0 saturated carbocycles. The van der Waals surface area contributed by atoms with Crippen molar-refractivity contribution in [2.45, 2.75) is 25.3 Å². The van der Waals surface area contributed by atoms with Crippen LogP contribution >= 0.6 is 0 Å². The van der Waals surface area contributed by atoms with Crippen molar-refractivity contribution in [3.63, 3.8) is 0 Å².